The number of rotatable bonds is 10. The molecule has 0 heterocycles. The highest BCUT2D eigenvalue weighted by molar-refractivity contribution is 7.89. The normalized spacial score (nSPS) is 11.3. The zero-order chi connectivity index (χ0) is 21.3. The van der Waals surface area contributed by atoms with E-state index in [9.17, 15) is 18.0 Å². The van der Waals surface area contributed by atoms with Crippen LogP contribution in [0.4, 0.5) is 0 Å². The Morgan fingerprint density at radius 1 is 0.966 bits per heavy atom. The van der Waals surface area contributed by atoms with Crippen LogP contribution in [0, 0.1) is 0 Å². The fraction of sp³-hybridized carbons (Fsp3) is 0.333. The first-order valence-corrected chi connectivity index (χ1v) is 11.0. The summed E-state index contributed by atoms with van der Waals surface area (Å²) in [6, 6.07) is 15.2. The van der Waals surface area contributed by atoms with Crippen LogP contribution < -0.4 is 15.4 Å². The first-order chi connectivity index (χ1) is 13.8. The van der Waals surface area contributed by atoms with Gasteiger partial charge >= 0.3 is 0 Å². The molecule has 0 spiro atoms. The van der Waals surface area contributed by atoms with Crippen LogP contribution in [-0.4, -0.2) is 32.8 Å². The molecule has 0 bridgehead atoms. The van der Waals surface area contributed by atoms with Crippen LogP contribution in [0.1, 0.15) is 42.6 Å². The number of carbonyl (C=O) groups excluding carboxylic acids is 2. The Morgan fingerprint density at radius 2 is 1.69 bits per heavy atom. The Bertz CT molecular complexity index is 928. The lowest BCUT2D eigenvalue weighted by atomic mass is 10.2. The molecule has 156 valence electrons. The lowest BCUT2D eigenvalue weighted by molar-refractivity contribution is -0.121. The molecule has 29 heavy (non-hydrogen) atoms. The molecule has 0 saturated carbocycles. The number of amides is 2. The second-order valence-electron chi connectivity index (χ2n) is 6.93. The average Bonchev–Trinajstić information content (AvgIpc) is 2.69. The van der Waals surface area contributed by atoms with Gasteiger partial charge in [-0.05, 0) is 50.1 Å². The Hall–Kier alpha value is -2.71. The van der Waals surface area contributed by atoms with Crippen molar-refractivity contribution in [3.63, 3.8) is 0 Å². The average molecular weight is 418 g/mol. The van der Waals surface area contributed by atoms with Gasteiger partial charge in [-0.15, -0.1) is 0 Å². The van der Waals surface area contributed by atoms with Crippen LogP contribution in [0.15, 0.2) is 59.5 Å². The Labute approximate surface area is 172 Å². The van der Waals surface area contributed by atoms with Crippen molar-refractivity contribution in [2.75, 3.05) is 6.54 Å². The maximum absolute atomic E-state index is 12.2. The summed E-state index contributed by atoms with van der Waals surface area (Å²) in [5.41, 5.74) is 1.28. The number of hydrogen-bond acceptors (Lipinski definition) is 4. The quantitative estimate of drug-likeness (QED) is 0.516. The van der Waals surface area contributed by atoms with E-state index in [2.05, 4.69) is 15.4 Å². The first kappa shape index (κ1) is 22.6. The summed E-state index contributed by atoms with van der Waals surface area (Å²) in [6.45, 7) is 4.14. The van der Waals surface area contributed by atoms with E-state index in [-0.39, 0.29) is 35.7 Å². The molecule has 2 aromatic carbocycles. The van der Waals surface area contributed by atoms with Crippen LogP contribution in [0.2, 0.25) is 0 Å². The Balaban J connectivity index is 1.75. The Morgan fingerprint density at radius 3 is 2.38 bits per heavy atom. The lowest BCUT2D eigenvalue weighted by Gasteiger charge is -2.11. The summed E-state index contributed by atoms with van der Waals surface area (Å²) < 4.78 is 27.0. The molecule has 0 atom stereocenters. The minimum Gasteiger partial charge on any atom is -0.352 e. The Kier molecular flexibility index (Phi) is 8.35. The zero-order valence-electron chi connectivity index (χ0n) is 16.6. The molecule has 0 aromatic heterocycles. The van der Waals surface area contributed by atoms with Gasteiger partial charge in [0.2, 0.25) is 15.9 Å². The predicted molar refractivity (Wildman–Crippen MR) is 112 cm³/mol. The predicted octanol–water partition coefficient (Wildman–Crippen LogP) is 2.20. The molecule has 2 amide bonds. The molecule has 8 heteroatoms. The molecular formula is C21H27N3O4S. The van der Waals surface area contributed by atoms with Gasteiger partial charge in [0.25, 0.3) is 5.91 Å². The van der Waals surface area contributed by atoms with Crippen molar-refractivity contribution in [3.05, 3.63) is 65.7 Å². The summed E-state index contributed by atoms with van der Waals surface area (Å²) in [6.07, 6.45) is 0.777. The lowest BCUT2D eigenvalue weighted by Crippen LogP contribution is -2.30. The van der Waals surface area contributed by atoms with Crippen molar-refractivity contribution in [2.45, 2.75) is 44.2 Å². The fourth-order valence-electron chi connectivity index (χ4n) is 2.63. The third-order valence-corrected chi connectivity index (χ3v) is 5.65. The second-order valence-corrected chi connectivity index (χ2v) is 8.64. The maximum atomic E-state index is 12.2. The summed E-state index contributed by atoms with van der Waals surface area (Å²) in [5, 5.41) is 5.55. The summed E-state index contributed by atoms with van der Waals surface area (Å²) >= 11 is 0. The fourth-order valence-corrected chi connectivity index (χ4v) is 3.95. The van der Waals surface area contributed by atoms with Crippen LogP contribution in [0.25, 0.3) is 0 Å². The topological polar surface area (TPSA) is 104 Å². The second kappa shape index (κ2) is 10.7. The van der Waals surface area contributed by atoms with Gasteiger partial charge in [0, 0.05) is 31.1 Å². The zero-order valence-corrected chi connectivity index (χ0v) is 17.5. The molecule has 0 aliphatic rings. The van der Waals surface area contributed by atoms with E-state index in [0.29, 0.717) is 24.1 Å². The van der Waals surface area contributed by atoms with Crippen LogP contribution in [0.3, 0.4) is 0 Å². The highest BCUT2D eigenvalue weighted by Gasteiger charge is 2.15. The van der Waals surface area contributed by atoms with E-state index < -0.39 is 10.0 Å². The summed E-state index contributed by atoms with van der Waals surface area (Å²) in [4.78, 5) is 24.1. The molecule has 0 fully saturated rings. The van der Waals surface area contributed by atoms with Crippen LogP contribution >= 0.6 is 0 Å². The molecule has 3 N–H and O–H groups in total. The van der Waals surface area contributed by atoms with E-state index in [4.69, 9.17) is 0 Å². The molecule has 0 saturated heterocycles. The number of carbonyl (C=O) groups is 2. The van der Waals surface area contributed by atoms with E-state index in [1.807, 2.05) is 6.07 Å². The van der Waals surface area contributed by atoms with E-state index in [0.717, 1.165) is 0 Å². The molecule has 0 aliphatic carbocycles. The standard InChI is InChI=1S/C21H27N3O4S/c1-16(2)24-29(27,28)19-11-6-8-17(14-19)15-23-20(25)12-7-13-22-21(26)18-9-4-3-5-10-18/h3-6,8-11,14,16,24H,7,12-13,15H2,1-2H3,(H,22,26)(H,23,25). The SMILES string of the molecule is CC(C)NS(=O)(=O)c1cccc(CNC(=O)CCCNC(=O)c2ccccc2)c1. The van der Waals surface area contributed by atoms with Gasteiger partial charge in [-0.3, -0.25) is 9.59 Å². The third kappa shape index (κ3) is 7.67. The summed E-state index contributed by atoms with van der Waals surface area (Å²) in [7, 11) is -3.57. The van der Waals surface area contributed by atoms with Crippen molar-refractivity contribution in [2.24, 2.45) is 0 Å². The number of sulfonamides is 1. The van der Waals surface area contributed by atoms with E-state index in [1.165, 1.54) is 6.07 Å². The van der Waals surface area contributed by atoms with Gasteiger partial charge in [-0.25, -0.2) is 13.1 Å². The van der Waals surface area contributed by atoms with Crippen molar-refractivity contribution < 1.29 is 18.0 Å². The van der Waals surface area contributed by atoms with Gasteiger partial charge in [-0.1, -0.05) is 30.3 Å². The van der Waals surface area contributed by atoms with E-state index in [1.54, 1.807) is 56.3 Å². The van der Waals surface area contributed by atoms with E-state index >= 15 is 0 Å². The minimum atomic E-state index is -3.57. The molecule has 0 radical (unpaired) electrons. The molecule has 0 unspecified atom stereocenters. The van der Waals surface area contributed by atoms with Crippen LogP contribution in [0.5, 0.6) is 0 Å². The third-order valence-electron chi connectivity index (χ3n) is 3.99. The minimum absolute atomic E-state index is 0.160. The number of benzene rings is 2. The molecular weight excluding hydrogens is 390 g/mol. The molecule has 2 rings (SSSR count). The van der Waals surface area contributed by atoms with Gasteiger partial charge in [0.05, 0.1) is 4.90 Å². The molecule has 2 aromatic rings. The van der Waals surface area contributed by atoms with Crippen molar-refractivity contribution in [1.82, 2.24) is 15.4 Å². The summed E-state index contributed by atoms with van der Waals surface area (Å²) in [5.74, 6) is -0.327. The highest BCUT2D eigenvalue weighted by atomic mass is 32.2. The largest absolute Gasteiger partial charge is 0.352 e. The van der Waals surface area contributed by atoms with Crippen molar-refractivity contribution in [3.8, 4) is 0 Å². The van der Waals surface area contributed by atoms with Crippen molar-refractivity contribution in [1.29, 1.82) is 0 Å². The van der Waals surface area contributed by atoms with Gasteiger partial charge in [-0.2, -0.15) is 0 Å². The van der Waals surface area contributed by atoms with Gasteiger partial charge in [0.15, 0.2) is 0 Å². The first-order valence-electron chi connectivity index (χ1n) is 9.49. The van der Waals surface area contributed by atoms with Crippen molar-refractivity contribution >= 4 is 21.8 Å². The smallest absolute Gasteiger partial charge is 0.251 e. The molecule has 0 aliphatic heterocycles. The number of nitrogens with one attached hydrogen (secondary N) is 3. The highest BCUT2D eigenvalue weighted by Crippen LogP contribution is 2.12. The van der Waals surface area contributed by atoms with Gasteiger partial charge < -0.3 is 10.6 Å². The number of hydrogen-bond donors (Lipinski definition) is 3. The monoisotopic (exact) mass is 417 g/mol. The maximum Gasteiger partial charge on any atom is 0.251 e. The van der Waals surface area contributed by atoms with Crippen LogP contribution in [-0.2, 0) is 21.4 Å². The van der Waals surface area contributed by atoms with Gasteiger partial charge in [0.1, 0.15) is 0 Å². The molecule has 7 nitrogen and oxygen atoms in total.